The minimum absolute atomic E-state index is 0. The van der Waals surface area contributed by atoms with Gasteiger partial charge >= 0.3 is 0 Å². The molecule has 1 unspecified atom stereocenters. The second kappa shape index (κ2) is 5.63. The highest BCUT2D eigenvalue weighted by Gasteiger charge is 2.60. The first-order valence-corrected chi connectivity index (χ1v) is 11.8. The molecular weight excluding hydrogens is 340 g/mol. The molecule has 9 fully saturated rings. The first kappa shape index (κ1) is 17.1. The van der Waals surface area contributed by atoms with E-state index in [0.717, 1.165) is 41.0 Å². The Bertz CT molecular complexity index is 466. The standard InChI is InChI=1S/C23H36N2.ClH/c1-2-25(23-12-19-6-20(13-23)8-21(7-19)14-23)15-24(1)22-9-16-3-17(10-22)5-18(4-16)11-22;/h16-21H,1-15H2;1H. The predicted molar refractivity (Wildman–Crippen MR) is 99.2 cm³/mol. The van der Waals surface area contributed by atoms with Crippen molar-refractivity contribution in [1.82, 2.24) is 4.90 Å². The van der Waals surface area contributed by atoms with Crippen molar-refractivity contribution >= 4 is 0 Å². The molecule has 9 aliphatic rings. The molecular formula is C23H37ClN2. The van der Waals surface area contributed by atoms with E-state index in [9.17, 15) is 0 Å². The summed E-state index contributed by atoms with van der Waals surface area (Å²) in [6.07, 6.45) is 19.1. The normalized spacial score (nSPS) is 59.8. The Morgan fingerprint density at radius 2 is 1.04 bits per heavy atom. The number of rotatable bonds is 2. The van der Waals surface area contributed by atoms with Crippen molar-refractivity contribution in [3.8, 4) is 0 Å². The maximum atomic E-state index is 3.07. The quantitative estimate of drug-likeness (QED) is 0.717. The first-order valence-electron chi connectivity index (χ1n) is 11.8. The van der Waals surface area contributed by atoms with Gasteiger partial charge in [0.1, 0.15) is 6.67 Å². The highest BCUT2D eigenvalue weighted by molar-refractivity contribution is 5.08. The summed E-state index contributed by atoms with van der Waals surface area (Å²) >= 11 is 0. The molecule has 0 radical (unpaired) electrons. The van der Waals surface area contributed by atoms with Crippen LogP contribution in [0.2, 0.25) is 0 Å². The molecule has 0 aromatic carbocycles. The summed E-state index contributed by atoms with van der Waals surface area (Å²) in [7, 11) is 0. The topological polar surface area (TPSA) is 7.68 Å². The van der Waals surface area contributed by atoms with Gasteiger partial charge in [-0.1, -0.05) is 0 Å². The molecule has 0 amide bonds. The summed E-state index contributed by atoms with van der Waals surface area (Å²) in [6.45, 7) is 4.34. The van der Waals surface area contributed by atoms with Crippen LogP contribution in [0.4, 0.5) is 0 Å². The third-order valence-corrected chi connectivity index (χ3v) is 10.5. The molecule has 146 valence electrons. The Labute approximate surface area is 165 Å². The Hall–Kier alpha value is 0.210. The summed E-state index contributed by atoms with van der Waals surface area (Å²) < 4.78 is 0. The average Bonchev–Trinajstić information content (AvgIpc) is 3.04. The van der Waals surface area contributed by atoms with Crippen LogP contribution in [0.5, 0.6) is 0 Å². The van der Waals surface area contributed by atoms with Crippen LogP contribution in [-0.4, -0.2) is 35.7 Å². The SMILES string of the molecule is C1C2CC3CC1CC(N1CC[NH+](C45CC6CC(CC(C6)C4)C5)C1)(C2)C3.[Cl-]. The number of halogens is 1. The monoisotopic (exact) mass is 376 g/mol. The van der Waals surface area contributed by atoms with Crippen molar-refractivity contribution in [2.45, 2.75) is 88.1 Å². The fourth-order valence-electron chi connectivity index (χ4n) is 10.5. The van der Waals surface area contributed by atoms with Gasteiger partial charge in [0.15, 0.2) is 0 Å². The van der Waals surface area contributed by atoms with E-state index in [2.05, 4.69) is 9.80 Å². The zero-order valence-electron chi connectivity index (χ0n) is 16.4. The van der Waals surface area contributed by atoms with Crippen LogP contribution in [0.25, 0.3) is 0 Å². The van der Waals surface area contributed by atoms with Crippen molar-refractivity contribution in [3.63, 3.8) is 0 Å². The number of hydrogen-bond donors (Lipinski definition) is 1. The van der Waals surface area contributed by atoms with Gasteiger partial charge in [0.25, 0.3) is 0 Å². The van der Waals surface area contributed by atoms with Gasteiger partial charge in [0.05, 0.1) is 18.6 Å². The van der Waals surface area contributed by atoms with E-state index in [0.29, 0.717) is 5.54 Å². The van der Waals surface area contributed by atoms with Crippen LogP contribution < -0.4 is 17.3 Å². The Kier molecular flexibility index (Phi) is 3.71. The zero-order valence-corrected chi connectivity index (χ0v) is 17.2. The van der Waals surface area contributed by atoms with Crippen LogP contribution >= 0.6 is 0 Å². The first-order chi connectivity index (χ1) is 12.2. The fourth-order valence-corrected chi connectivity index (χ4v) is 10.5. The van der Waals surface area contributed by atoms with Crippen LogP contribution in [-0.2, 0) is 0 Å². The van der Waals surface area contributed by atoms with Gasteiger partial charge in [0, 0.05) is 24.8 Å². The summed E-state index contributed by atoms with van der Waals surface area (Å²) in [5.74, 6) is 6.67. The second-order valence-electron chi connectivity index (χ2n) is 12.1. The van der Waals surface area contributed by atoms with Gasteiger partial charge in [-0.15, -0.1) is 0 Å². The van der Waals surface area contributed by atoms with Crippen LogP contribution in [0, 0.1) is 35.5 Å². The molecule has 9 rings (SSSR count). The van der Waals surface area contributed by atoms with Crippen LogP contribution in [0.15, 0.2) is 0 Å². The molecule has 8 bridgehead atoms. The second-order valence-corrected chi connectivity index (χ2v) is 12.1. The lowest BCUT2D eigenvalue weighted by molar-refractivity contribution is -0.952. The van der Waals surface area contributed by atoms with E-state index in [-0.39, 0.29) is 12.4 Å². The third kappa shape index (κ3) is 2.31. The minimum atomic E-state index is 0. The van der Waals surface area contributed by atoms with E-state index in [1.54, 1.807) is 77.0 Å². The van der Waals surface area contributed by atoms with Gasteiger partial charge in [-0.2, -0.15) is 0 Å². The number of nitrogens with zero attached hydrogens (tertiary/aromatic N) is 1. The molecule has 1 heterocycles. The Balaban J connectivity index is 0.00000137. The van der Waals surface area contributed by atoms with Crippen molar-refractivity contribution in [2.75, 3.05) is 19.8 Å². The van der Waals surface area contributed by atoms with E-state index in [4.69, 9.17) is 0 Å². The maximum Gasteiger partial charge on any atom is 0.134 e. The molecule has 8 saturated carbocycles. The van der Waals surface area contributed by atoms with Crippen molar-refractivity contribution in [3.05, 3.63) is 0 Å². The van der Waals surface area contributed by atoms with E-state index >= 15 is 0 Å². The van der Waals surface area contributed by atoms with Gasteiger partial charge < -0.3 is 17.3 Å². The van der Waals surface area contributed by atoms with Gasteiger partial charge in [0.2, 0.25) is 0 Å². The molecule has 1 atom stereocenters. The molecule has 0 aromatic rings. The third-order valence-electron chi connectivity index (χ3n) is 10.5. The average molecular weight is 377 g/mol. The molecule has 1 aliphatic heterocycles. The smallest absolute Gasteiger partial charge is 0.134 e. The maximum absolute atomic E-state index is 3.07. The molecule has 1 N–H and O–H groups in total. The summed E-state index contributed by atoms with van der Waals surface area (Å²) in [6, 6.07) is 0. The molecule has 1 saturated heterocycles. The molecule has 0 aromatic heterocycles. The fraction of sp³-hybridized carbons (Fsp3) is 1.00. The van der Waals surface area contributed by atoms with Crippen molar-refractivity contribution in [2.24, 2.45) is 35.5 Å². The summed E-state index contributed by atoms with van der Waals surface area (Å²) in [5, 5.41) is 0. The summed E-state index contributed by atoms with van der Waals surface area (Å²) in [4.78, 5) is 5.13. The molecule has 2 nitrogen and oxygen atoms in total. The highest BCUT2D eigenvalue weighted by atomic mass is 35.5. The number of nitrogens with one attached hydrogen (secondary N) is 1. The predicted octanol–water partition coefficient (Wildman–Crippen LogP) is 0.0860. The Morgan fingerprint density at radius 3 is 1.50 bits per heavy atom. The molecule has 0 spiro atoms. The lowest BCUT2D eigenvalue weighted by Gasteiger charge is -2.60. The van der Waals surface area contributed by atoms with E-state index in [1.165, 1.54) is 19.8 Å². The van der Waals surface area contributed by atoms with E-state index < -0.39 is 0 Å². The largest absolute Gasteiger partial charge is 1.00 e. The lowest BCUT2D eigenvalue weighted by Crippen LogP contribution is -3.20. The van der Waals surface area contributed by atoms with Gasteiger partial charge in [-0.3, -0.25) is 0 Å². The van der Waals surface area contributed by atoms with Crippen LogP contribution in [0.3, 0.4) is 0 Å². The van der Waals surface area contributed by atoms with Gasteiger partial charge in [-0.05, 0) is 93.3 Å². The molecule has 26 heavy (non-hydrogen) atoms. The minimum Gasteiger partial charge on any atom is -1.00 e. The zero-order chi connectivity index (χ0) is 16.2. The van der Waals surface area contributed by atoms with Crippen molar-refractivity contribution < 1.29 is 17.3 Å². The number of quaternary nitrogens is 1. The number of hydrogen-bond acceptors (Lipinski definition) is 1. The molecule has 8 aliphatic carbocycles. The van der Waals surface area contributed by atoms with Gasteiger partial charge in [-0.25, -0.2) is 4.90 Å². The molecule has 3 heteroatoms. The van der Waals surface area contributed by atoms with E-state index in [1.807, 2.05) is 0 Å². The summed E-state index contributed by atoms with van der Waals surface area (Å²) in [5.41, 5.74) is 1.39. The Morgan fingerprint density at radius 1 is 0.615 bits per heavy atom. The lowest BCUT2D eigenvalue weighted by atomic mass is 9.52. The van der Waals surface area contributed by atoms with Crippen LogP contribution in [0.1, 0.15) is 77.0 Å². The van der Waals surface area contributed by atoms with Crippen molar-refractivity contribution in [1.29, 1.82) is 0 Å². The highest BCUT2D eigenvalue weighted by Crippen LogP contribution is 2.58.